The summed E-state index contributed by atoms with van der Waals surface area (Å²) < 4.78 is 9.01. The number of hydrogen-bond donors (Lipinski definition) is 0. The lowest BCUT2D eigenvalue weighted by molar-refractivity contribution is 0.0753. The van der Waals surface area contributed by atoms with Crippen LogP contribution in [0.2, 0.25) is 0 Å². The normalized spacial score (nSPS) is 24.4. The Morgan fingerprint density at radius 1 is 1.45 bits per heavy atom. The van der Waals surface area contributed by atoms with Crippen LogP contribution >= 0.6 is 27.5 Å². The van der Waals surface area contributed by atoms with Crippen LogP contribution in [0.3, 0.4) is 0 Å². The van der Waals surface area contributed by atoms with Gasteiger partial charge in [-0.3, -0.25) is 0 Å². The fraction of sp³-hybridized carbons (Fsp3) is 0.533. The molecule has 3 unspecified atom stereocenters. The van der Waals surface area contributed by atoms with Crippen molar-refractivity contribution in [1.29, 1.82) is 0 Å². The van der Waals surface area contributed by atoms with Gasteiger partial charge in [-0.25, -0.2) is 4.98 Å². The molecule has 3 rings (SSSR count). The highest BCUT2D eigenvalue weighted by molar-refractivity contribution is 9.10. The SMILES string of the molecule is COC1CCCC1n1c(C(C)Cl)nc2ccc(Br)cc21. The van der Waals surface area contributed by atoms with Crippen LogP contribution < -0.4 is 0 Å². The average Bonchev–Trinajstić information content (AvgIpc) is 3.00. The standard InChI is InChI=1S/C15H18BrClN2O/c1-9(17)15-18-11-7-6-10(16)8-13(11)19(15)12-4-3-5-14(12)20-2/h6-9,12,14H,3-5H2,1-2H3. The maximum atomic E-state index is 6.35. The molecule has 3 nitrogen and oxygen atoms in total. The minimum atomic E-state index is -0.112. The van der Waals surface area contributed by atoms with E-state index in [0.717, 1.165) is 34.2 Å². The largest absolute Gasteiger partial charge is 0.379 e. The van der Waals surface area contributed by atoms with Crippen LogP contribution in [-0.4, -0.2) is 22.8 Å². The van der Waals surface area contributed by atoms with Gasteiger partial charge in [-0.1, -0.05) is 15.9 Å². The highest BCUT2D eigenvalue weighted by Gasteiger charge is 2.32. The van der Waals surface area contributed by atoms with Crippen LogP contribution in [0, 0.1) is 0 Å². The third kappa shape index (κ3) is 2.38. The number of ether oxygens (including phenoxy) is 1. The molecule has 0 N–H and O–H groups in total. The Labute approximate surface area is 132 Å². The van der Waals surface area contributed by atoms with Gasteiger partial charge < -0.3 is 9.30 Å². The number of methoxy groups -OCH3 is 1. The smallest absolute Gasteiger partial charge is 0.128 e. The average molecular weight is 358 g/mol. The van der Waals surface area contributed by atoms with E-state index in [-0.39, 0.29) is 11.5 Å². The van der Waals surface area contributed by atoms with Gasteiger partial charge in [0.2, 0.25) is 0 Å². The summed E-state index contributed by atoms with van der Waals surface area (Å²) in [7, 11) is 1.79. The van der Waals surface area contributed by atoms with E-state index in [9.17, 15) is 0 Å². The fourth-order valence-electron chi connectivity index (χ4n) is 3.19. The Morgan fingerprint density at radius 3 is 2.95 bits per heavy atom. The molecule has 3 atom stereocenters. The summed E-state index contributed by atoms with van der Waals surface area (Å²) in [5.74, 6) is 0.939. The maximum Gasteiger partial charge on any atom is 0.128 e. The molecular weight excluding hydrogens is 340 g/mol. The number of imidazole rings is 1. The summed E-state index contributed by atoms with van der Waals surface area (Å²) in [6.45, 7) is 1.98. The molecule has 0 bridgehead atoms. The Bertz CT molecular complexity index is 626. The van der Waals surface area contributed by atoms with E-state index in [2.05, 4.69) is 26.6 Å². The number of hydrogen-bond acceptors (Lipinski definition) is 2. The van der Waals surface area contributed by atoms with Gasteiger partial charge in [0.05, 0.1) is 28.6 Å². The van der Waals surface area contributed by atoms with E-state index in [1.54, 1.807) is 7.11 Å². The Balaban J connectivity index is 2.20. The molecule has 0 spiro atoms. The lowest BCUT2D eigenvalue weighted by Crippen LogP contribution is -2.22. The molecule has 0 aliphatic heterocycles. The lowest BCUT2D eigenvalue weighted by atomic mass is 10.2. The molecule has 0 amide bonds. The second-order valence-electron chi connectivity index (χ2n) is 5.36. The Kier molecular flexibility index (Phi) is 4.07. The van der Waals surface area contributed by atoms with Crippen molar-refractivity contribution in [2.45, 2.75) is 43.7 Å². The van der Waals surface area contributed by atoms with Crippen LogP contribution in [0.4, 0.5) is 0 Å². The first-order valence-corrected chi connectivity index (χ1v) is 8.19. The molecule has 20 heavy (non-hydrogen) atoms. The van der Waals surface area contributed by atoms with Crippen LogP contribution in [-0.2, 0) is 4.74 Å². The molecule has 1 saturated carbocycles. The molecule has 1 fully saturated rings. The van der Waals surface area contributed by atoms with Crippen LogP contribution in [0.15, 0.2) is 22.7 Å². The zero-order chi connectivity index (χ0) is 14.3. The van der Waals surface area contributed by atoms with Gasteiger partial charge in [0.1, 0.15) is 5.82 Å². The van der Waals surface area contributed by atoms with E-state index in [4.69, 9.17) is 21.3 Å². The molecular formula is C15H18BrClN2O. The summed E-state index contributed by atoms with van der Waals surface area (Å²) >= 11 is 9.90. The van der Waals surface area contributed by atoms with Crippen molar-refractivity contribution in [3.8, 4) is 0 Å². The lowest BCUT2D eigenvalue weighted by Gasteiger charge is -2.23. The number of nitrogens with zero attached hydrogens (tertiary/aromatic N) is 2. The Morgan fingerprint density at radius 2 is 2.25 bits per heavy atom. The first-order valence-electron chi connectivity index (χ1n) is 6.96. The first-order chi connectivity index (χ1) is 9.61. The maximum absolute atomic E-state index is 6.35. The zero-order valence-electron chi connectivity index (χ0n) is 11.6. The van der Waals surface area contributed by atoms with Gasteiger partial charge in [-0.2, -0.15) is 0 Å². The quantitative estimate of drug-likeness (QED) is 0.735. The molecule has 1 aliphatic carbocycles. The highest BCUT2D eigenvalue weighted by Crippen LogP contribution is 2.38. The van der Waals surface area contributed by atoms with Crippen molar-refractivity contribution >= 4 is 38.6 Å². The van der Waals surface area contributed by atoms with Gasteiger partial charge in [0.15, 0.2) is 0 Å². The van der Waals surface area contributed by atoms with Gasteiger partial charge in [-0.05, 0) is 44.4 Å². The summed E-state index contributed by atoms with van der Waals surface area (Å²) in [6.07, 6.45) is 3.66. The molecule has 1 aliphatic rings. The van der Waals surface area contributed by atoms with E-state index in [1.165, 1.54) is 6.42 Å². The second kappa shape index (κ2) is 5.66. The van der Waals surface area contributed by atoms with Gasteiger partial charge in [0.25, 0.3) is 0 Å². The van der Waals surface area contributed by atoms with Crippen LogP contribution in [0.25, 0.3) is 11.0 Å². The first kappa shape index (κ1) is 14.4. The zero-order valence-corrected chi connectivity index (χ0v) is 14.0. The summed E-state index contributed by atoms with van der Waals surface area (Å²) in [5, 5.41) is -0.112. The summed E-state index contributed by atoms with van der Waals surface area (Å²) in [5.41, 5.74) is 2.13. The molecule has 108 valence electrons. The summed E-state index contributed by atoms with van der Waals surface area (Å²) in [4.78, 5) is 4.72. The van der Waals surface area contributed by atoms with Gasteiger partial charge in [0, 0.05) is 11.6 Å². The molecule has 1 aromatic carbocycles. The Hall–Kier alpha value is -0.580. The molecule has 1 aromatic heterocycles. The third-order valence-electron chi connectivity index (χ3n) is 4.09. The molecule has 0 saturated heterocycles. The molecule has 0 radical (unpaired) electrons. The van der Waals surface area contributed by atoms with E-state index in [0.29, 0.717) is 6.04 Å². The van der Waals surface area contributed by atoms with Crippen molar-refractivity contribution in [3.05, 3.63) is 28.5 Å². The molecule has 2 aromatic rings. The minimum absolute atomic E-state index is 0.112. The third-order valence-corrected chi connectivity index (χ3v) is 4.78. The minimum Gasteiger partial charge on any atom is -0.379 e. The monoisotopic (exact) mass is 356 g/mol. The highest BCUT2D eigenvalue weighted by atomic mass is 79.9. The van der Waals surface area contributed by atoms with Crippen molar-refractivity contribution in [2.24, 2.45) is 0 Å². The number of rotatable bonds is 3. The predicted molar refractivity (Wildman–Crippen MR) is 85.4 cm³/mol. The second-order valence-corrected chi connectivity index (χ2v) is 6.93. The number of aromatic nitrogens is 2. The number of fused-ring (bicyclic) bond motifs is 1. The van der Waals surface area contributed by atoms with E-state index < -0.39 is 0 Å². The molecule has 1 heterocycles. The van der Waals surface area contributed by atoms with E-state index >= 15 is 0 Å². The van der Waals surface area contributed by atoms with Crippen molar-refractivity contribution in [3.63, 3.8) is 0 Å². The van der Waals surface area contributed by atoms with Crippen LogP contribution in [0.1, 0.15) is 43.4 Å². The number of benzene rings is 1. The van der Waals surface area contributed by atoms with Gasteiger partial charge >= 0.3 is 0 Å². The summed E-state index contributed by atoms with van der Waals surface area (Å²) in [6, 6.07) is 6.51. The van der Waals surface area contributed by atoms with Gasteiger partial charge in [-0.15, -0.1) is 11.6 Å². The number of alkyl halides is 1. The fourth-order valence-corrected chi connectivity index (χ4v) is 3.69. The van der Waals surface area contributed by atoms with Crippen molar-refractivity contribution in [1.82, 2.24) is 9.55 Å². The predicted octanol–water partition coefficient (Wildman–Crippen LogP) is 4.84. The van der Waals surface area contributed by atoms with Crippen molar-refractivity contribution < 1.29 is 4.74 Å². The number of halogens is 2. The van der Waals surface area contributed by atoms with E-state index in [1.807, 2.05) is 19.1 Å². The molecule has 5 heteroatoms. The van der Waals surface area contributed by atoms with Crippen LogP contribution in [0.5, 0.6) is 0 Å². The topological polar surface area (TPSA) is 27.1 Å². The van der Waals surface area contributed by atoms with Crippen molar-refractivity contribution in [2.75, 3.05) is 7.11 Å².